The van der Waals surface area contributed by atoms with Gasteiger partial charge in [-0.05, 0) is 19.9 Å². The Hall–Kier alpha value is -2.02. The molecule has 0 saturated heterocycles. The van der Waals surface area contributed by atoms with Crippen LogP contribution in [-0.2, 0) is 11.8 Å². The lowest BCUT2D eigenvalue weighted by Crippen LogP contribution is -2.31. The highest BCUT2D eigenvalue weighted by Crippen LogP contribution is 2.27. The smallest absolute Gasteiger partial charge is 0.233 e. The third kappa shape index (κ3) is 3.36. The van der Waals surface area contributed by atoms with Crippen LogP contribution in [0.5, 0.6) is 0 Å². The Labute approximate surface area is 127 Å². The first-order chi connectivity index (χ1) is 10.0. The number of nitrogens with one attached hydrogen (secondary N) is 1. The molecule has 6 nitrogen and oxygen atoms in total. The molecule has 0 spiro atoms. The van der Waals surface area contributed by atoms with Crippen LogP contribution in [0.2, 0.25) is 0 Å². The topological polar surface area (TPSA) is 73.0 Å². The van der Waals surface area contributed by atoms with Crippen LogP contribution < -0.4 is 5.32 Å². The molecule has 0 fully saturated rings. The molecule has 0 saturated carbocycles. The number of nitrogens with zero attached hydrogens (tertiary/aromatic N) is 3. The average Bonchev–Trinajstić information content (AvgIpc) is 3.03. The third-order valence-electron chi connectivity index (χ3n) is 3.01. The monoisotopic (exact) mass is 306 g/mol. The van der Waals surface area contributed by atoms with E-state index in [2.05, 4.69) is 22.1 Å². The van der Waals surface area contributed by atoms with Crippen molar-refractivity contribution in [2.75, 3.05) is 6.54 Å². The number of rotatable bonds is 6. The number of amides is 1. The fraction of sp³-hybridized carbons (Fsp3) is 0.357. The number of hydrogen-bond acceptors (Lipinski definition) is 5. The van der Waals surface area contributed by atoms with Gasteiger partial charge in [-0.15, -0.1) is 16.8 Å². The summed E-state index contributed by atoms with van der Waals surface area (Å²) in [7, 11) is 1.87. The van der Waals surface area contributed by atoms with Gasteiger partial charge >= 0.3 is 0 Å². The molecule has 112 valence electrons. The highest BCUT2D eigenvalue weighted by atomic mass is 32.2. The van der Waals surface area contributed by atoms with Crippen molar-refractivity contribution in [1.82, 2.24) is 20.1 Å². The van der Waals surface area contributed by atoms with E-state index in [0.29, 0.717) is 11.7 Å². The lowest BCUT2D eigenvalue weighted by atomic mass is 10.2. The van der Waals surface area contributed by atoms with E-state index < -0.39 is 0 Å². The molecule has 2 heterocycles. The number of carbonyl (C=O) groups excluding carboxylic acids is 1. The van der Waals surface area contributed by atoms with Gasteiger partial charge in [-0.3, -0.25) is 4.79 Å². The summed E-state index contributed by atoms with van der Waals surface area (Å²) in [4.78, 5) is 11.9. The molecule has 21 heavy (non-hydrogen) atoms. The first-order valence-electron chi connectivity index (χ1n) is 6.53. The second kappa shape index (κ2) is 6.62. The molecule has 0 bridgehead atoms. The van der Waals surface area contributed by atoms with Crippen molar-refractivity contribution in [3.63, 3.8) is 0 Å². The van der Waals surface area contributed by atoms with Gasteiger partial charge in [0.2, 0.25) is 5.91 Å². The first-order valence-corrected chi connectivity index (χ1v) is 7.41. The molecule has 2 aromatic rings. The summed E-state index contributed by atoms with van der Waals surface area (Å²) < 4.78 is 7.15. The van der Waals surface area contributed by atoms with Gasteiger partial charge in [-0.1, -0.05) is 17.8 Å². The number of furan rings is 1. The molecule has 1 atom stereocenters. The van der Waals surface area contributed by atoms with Crippen molar-refractivity contribution >= 4 is 17.7 Å². The summed E-state index contributed by atoms with van der Waals surface area (Å²) in [5.41, 5.74) is 0.903. The van der Waals surface area contributed by atoms with E-state index in [9.17, 15) is 4.79 Å². The van der Waals surface area contributed by atoms with E-state index in [-0.39, 0.29) is 11.2 Å². The minimum Gasteiger partial charge on any atom is -0.469 e. The zero-order valence-electron chi connectivity index (χ0n) is 12.3. The van der Waals surface area contributed by atoms with Crippen LogP contribution in [0.3, 0.4) is 0 Å². The van der Waals surface area contributed by atoms with Gasteiger partial charge in [-0.25, -0.2) is 0 Å². The molecule has 1 unspecified atom stereocenters. The third-order valence-corrected chi connectivity index (χ3v) is 4.14. The second-order valence-corrected chi connectivity index (χ2v) is 5.86. The summed E-state index contributed by atoms with van der Waals surface area (Å²) >= 11 is 1.37. The number of carbonyl (C=O) groups is 1. The normalized spacial score (nSPS) is 12.1. The molecule has 0 aromatic carbocycles. The maximum absolute atomic E-state index is 11.9. The molecular weight excluding hydrogens is 288 g/mol. The molecule has 2 rings (SSSR count). The first kappa shape index (κ1) is 15.4. The zero-order valence-corrected chi connectivity index (χ0v) is 13.1. The van der Waals surface area contributed by atoms with Crippen molar-refractivity contribution in [3.05, 3.63) is 30.7 Å². The van der Waals surface area contributed by atoms with Crippen LogP contribution >= 0.6 is 11.8 Å². The Morgan fingerprint density at radius 3 is 3.00 bits per heavy atom. The molecule has 0 aliphatic rings. The molecule has 0 aliphatic heterocycles. The molecule has 0 aliphatic carbocycles. The van der Waals surface area contributed by atoms with Crippen molar-refractivity contribution in [2.45, 2.75) is 24.3 Å². The van der Waals surface area contributed by atoms with Gasteiger partial charge < -0.3 is 14.3 Å². The standard InChI is InChI=1S/C14H18N4O2S/c1-5-7-15-13(19)10(3)21-14-17-16-12(18(14)4)11-6-8-20-9(11)2/h5-6,8,10H,1,7H2,2-4H3,(H,15,19). The zero-order chi connectivity index (χ0) is 15.4. The Bertz CT molecular complexity index is 647. The summed E-state index contributed by atoms with van der Waals surface area (Å²) in [6.07, 6.45) is 3.27. The van der Waals surface area contributed by atoms with E-state index in [4.69, 9.17) is 4.42 Å². The number of aryl methyl sites for hydroxylation is 1. The van der Waals surface area contributed by atoms with E-state index in [1.807, 2.05) is 31.5 Å². The SMILES string of the molecule is C=CCNC(=O)C(C)Sc1nnc(-c2ccoc2C)n1C. The Balaban J connectivity index is 2.12. The minimum atomic E-state index is -0.258. The van der Waals surface area contributed by atoms with Crippen LogP contribution in [0.15, 0.2) is 34.6 Å². The van der Waals surface area contributed by atoms with E-state index in [0.717, 1.165) is 17.1 Å². The highest BCUT2D eigenvalue weighted by molar-refractivity contribution is 8.00. The largest absolute Gasteiger partial charge is 0.469 e. The maximum atomic E-state index is 11.9. The molecule has 7 heteroatoms. The molecular formula is C14H18N4O2S. The van der Waals surface area contributed by atoms with E-state index >= 15 is 0 Å². The van der Waals surface area contributed by atoms with Crippen molar-refractivity contribution in [1.29, 1.82) is 0 Å². The Morgan fingerprint density at radius 1 is 1.62 bits per heavy atom. The molecule has 1 N–H and O–H groups in total. The highest BCUT2D eigenvalue weighted by Gasteiger charge is 2.20. The molecule has 0 radical (unpaired) electrons. The number of thioether (sulfide) groups is 1. The van der Waals surface area contributed by atoms with E-state index in [1.54, 1.807) is 12.3 Å². The van der Waals surface area contributed by atoms with Crippen LogP contribution in [-0.4, -0.2) is 32.5 Å². The van der Waals surface area contributed by atoms with Crippen LogP contribution in [0.25, 0.3) is 11.4 Å². The van der Waals surface area contributed by atoms with Crippen LogP contribution in [0.4, 0.5) is 0 Å². The van der Waals surface area contributed by atoms with Gasteiger partial charge in [0.25, 0.3) is 0 Å². The summed E-state index contributed by atoms with van der Waals surface area (Å²) in [5, 5.41) is 11.5. The van der Waals surface area contributed by atoms with Gasteiger partial charge in [0, 0.05) is 13.6 Å². The van der Waals surface area contributed by atoms with Gasteiger partial charge in [0.15, 0.2) is 11.0 Å². The second-order valence-electron chi connectivity index (χ2n) is 4.55. The summed E-state index contributed by atoms with van der Waals surface area (Å²) in [6.45, 7) is 7.74. The van der Waals surface area contributed by atoms with Crippen LogP contribution in [0, 0.1) is 6.92 Å². The van der Waals surface area contributed by atoms with Crippen molar-refractivity contribution < 1.29 is 9.21 Å². The summed E-state index contributed by atoms with van der Waals surface area (Å²) in [5.74, 6) is 1.46. The molecule has 1 amide bonds. The van der Waals surface area contributed by atoms with Crippen LogP contribution in [0.1, 0.15) is 12.7 Å². The van der Waals surface area contributed by atoms with Crippen molar-refractivity contribution in [2.24, 2.45) is 7.05 Å². The van der Waals surface area contributed by atoms with Gasteiger partial charge in [0.1, 0.15) is 5.76 Å². The quantitative estimate of drug-likeness (QED) is 0.654. The predicted octanol–water partition coefficient (Wildman–Crippen LogP) is 2.17. The Kier molecular flexibility index (Phi) is 4.85. The van der Waals surface area contributed by atoms with Gasteiger partial charge in [-0.2, -0.15) is 0 Å². The lowest BCUT2D eigenvalue weighted by molar-refractivity contribution is -0.120. The predicted molar refractivity (Wildman–Crippen MR) is 82.0 cm³/mol. The lowest BCUT2D eigenvalue weighted by Gasteiger charge is -2.10. The summed E-state index contributed by atoms with van der Waals surface area (Å²) in [6, 6.07) is 1.86. The fourth-order valence-corrected chi connectivity index (χ4v) is 2.64. The number of aromatic nitrogens is 3. The van der Waals surface area contributed by atoms with Gasteiger partial charge in [0.05, 0.1) is 17.1 Å². The average molecular weight is 306 g/mol. The minimum absolute atomic E-state index is 0.0519. The maximum Gasteiger partial charge on any atom is 0.233 e. The fourth-order valence-electron chi connectivity index (χ4n) is 1.80. The number of hydrogen-bond donors (Lipinski definition) is 1. The Morgan fingerprint density at radius 2 is 2.38 bits per heavy atom. The molecule has 2 aromatic heterocycles. The van der Waals surface area contributed by atoms with E-state index in [1.165, 1.54) is 11.8 Å². The van der Waals surface area contributed by atoms with Crippen molar-refractivity contribution in [3.8, 4) is 11.4 Å².